The van der Waals surface area contributed by atoms with E-state index in [0.717, 1.165) is 5.56 Å². The quantitative estimate of drug-likeness (QED) is 0.861. The van der Waals surface area contributed by atoms with E-state index in [-0.39, 0.29) is 5.91 Å². The highest BCUT2D eigenvalue weighted by Crippen LogP contribution is 2.29. The number of hydrogen-bond acceptors (Lipinski definition) is 3. The van der Waals surface area contributed by atoms with Gasteiger partial charge in [-0.05, 0) is 43.5 Å². The number of carboxylic acids is 1. The number of likely N-dealkylation sites (tertiary alicyclic amines) is 1. The zero-order chi connectivity index (χ0) is 15.5. The van der Waals surface area contributed by atoms with E-state index in [4.69, 9.17) is 5.26 Å². The Morgan fingerprint density at radius 3 is 2.90 bits per heavy atom. The third-order valence-electron chi connectivity index (χ3n) is 3.80. The van der Waals surface area contributed by atoms with E-state index in [1.165, 1.54) is 11.0 Å². The Hall–Kier alpha value is -2.61. The van der Waals surface area contributed by atoms with Crippen molar-refractivity contribution in [3.63, 3.8) is 0 Å². The molecule has 1 heterocycles. The number of nitrogens with zero attached hydrogens (tertiary/aromatic N) is 2. The highest BCUT2D eigenvalue weighted by molar-refractivity contribution is 5.96. The van der Waals surface area contributed by atoms with Crippen LogP contribution in [0.3, 0.4) is 0 Å². The first kappa shape index (κ1) is 14.8. The molecule has 1 aliphatic heterocycles. The van der Waals surface area contributed by atoms with E-state index in [9.17, 15) is 14.7 Å². The van der Waals surface area contributed by atoms with Gasteiger partial charge in [0, 0.05) is 12.6 Å². The average molecular weight is 284 g/mol. The molecule has 5 heteroatoms. The number of nitriles is 1. The van der Waals surface area contributed by atoms with Crippen LogP contribution in [0.4, 0.5) is 0 Å². The number of aliphatic carboxylic acids is 1. The normalized spacial score (nSPS) is 21.4. The van der Waals surface area contributed by atoms with Crippen molar-refractivity contribution >= 4 is 18.0 Å². The van der Waals surface area contributed by atoms with Crippen LogP contribution < -0.4 is 0 Å². The molecule has 1 aromatic carbocycles. The molecule has 0 aromatic heterocycles. The molecule has 1 unspecified atom stereocenters. The Morgan fingerprint density at radius 2 is 2.24 bits per heavy atom. The molecule has 0 radical (unpaired) electrons. The first-order chi connectivity index (χ1) is 9.97. The second-order valence-corrected chi connectivity index (χ2v) is 5.24. The molecular weight excluding hydrogens is 268 g/mol. The number of benzene rings is 1. The van der Waals surface area contributed by atoms with Crippen molar-refractivity contribution in [3.05, 3.63) is 41.5 Å². The maximum absolute atomic E-state index is 12.2. The lowest BCUT2D eigenvalue weighted by molar-refractivity contribution is -0.153. The van der Waals surface area contributed by atoms with Gasteiger partial charge in [0.15, 0.2) is 0 Å². The number of rotatable bonds is 3. The Bertz CT molecular complexity index is 645. The van der Waals surface area contributed by atoms with E-state index >= 15 is 0 Å². The monoisotopic (exact) mass is 284 g/mol. The second-order valence-electron chi connectivity index (χ2n) is 5.24. The second kappa shape index (κ2) is 5.80. The number of carbonyl (C=O) groups is 2. The summed E-state index contributed by atoms with van der Waals surface area (Å²) in [6, 6.07) is 8.90. The number of amides is 1. The molecule has 1 saturated heterocycles. The Balaban J connectivity index is 2.16. The summed E-state index contributed by atoms with van der Waals surface area (Å²) in [6.07, 6.45) is 4.12. The van der Waals surface area contributed by atoms with Crippen LogP contribution in [0.1, 0.15) is 30.9 Å². The van der Waals surface area contributed by atoms with Gasteiger partial charge in [0.1, 0.15) is 5.54 Å². The number of carbonyl (C=O) groups excluding carboxylic acids is 1. The molecule has 108 valence electrons. The van der Waals surface area contributed by atoms with E-state index in [0.29, 0.717) is 24.9 Å². The van der Waals surface area contributed by atoms with Gasteiger partial charge >= 0.3 is 5.97 Å². The molecule has 1 atom stereocenters. The van der Waals surface area contributed by atoms with Gasteiger partial charge in [-0.3, -0.25) is 4.79 Å². The maximum Gasteiger partial charge on any atom is 0.329 e. The SMILES string of the molecule is CC1(C(=O)O)CCCN1C(=O)C=Cc1cccc(C#N)c1. The highest BCUT2D eigenvalue weighted by atomic mass is 16.4. The van der Waals surface area contributed by atoms with E-state index in [1.54, 1.807) is 37.3 Å². The molecule has 1 N–H and O–H groups in total. The van der Waals surface area contributed by atoms with Crippen LogP contribution in [0.25, 0.3) is 6.08 Å². The van der Waals surface area contributed by atoms with Crippen LogP contribution in [0.15, 0.2) is 30.3 Å². The summed E-state index contributed by atoms with van der Waals surface area (Å²) in [5.41, 5.74) is 0.121. The highest BCUT2D eigenvalue weighted by Gasteiger charge is 2.45. The summed E-state index contributed by atoms with van der Waals surface area (Å²) >= 11 is 0. The van der Waals surface area contributed by atoms with Crippen LogP contribution >= 0.6 is 0 Å². The predicted molar refractivity (Wildman–Crippen MR) is 77.2 cm³/mol. The third kappa shape index (κ3) is 2.95. The predicted octanol–water partition coefficient (Wildman–Crippen LogP) is 2.04. The molecule has 1 fully saturated rings. The van der Waals surface area contributed by atoms with Crippen molar-refractivity contribution in [2.45, 2.75) is 25.3 Å². The third-order valence-corrected chi connectivity index (χ3v) is 3.80. The van der Waals surface area contributed by atoms with Gasteiger partial charge in [0.2, 0.25) is 5.91 Å². The standard InChI is InChI=1S/C16H16N2O3/c1-16(15(20)21)8-3-9-18(16)14(19)7-6-12-4-2-5-13(10-12)11-17/h2,4-7,10H,3,8-9H2,1H3,(H,20,21). The molecule has 1 amide bonds. The lowest BCUT2D eigenvalue weighted by Crippen LogP contribution is -2.50. The number of hydrogen-bond donors (Lipinski definition) is 1. The lowest BCUT2D eigenvalue weighted by Gasteiger charge is -2.30. The molecule has 0 spiro atoms. The zero-order valence-electron chi connectivity index (χ0n) is 11.7. The van der Waals surface area contributed by atoms with Crippen molar-refractivity contribution in [2.75, 3.05) is 6.54 Å². The zero-order valence-corrected chi connectivity index (χ0v) is 11.7. The molecule has 2 rings (SSSR count). The summed E-state index contributed by atoms with van der Waals surface area (Å²) < 4.78 is 0. The van der Waals surface area contributed by atoms with E-state index < -0.39 is 11.5 Å². The van der Waals surface area contributed by atoms with Crippen molar-refractivity contribution in [3.8, 4) is 6.07 Å². The molecule has 1 aliphatic rings. The smallest absolute Gasteiger partial charge is 0.329 e. The van der Waals surface area contributed by atoms with Gasteiger partial charge in [-0.2, -0.15) is 5.26 Å². The minimum absolute atomic E-state index is 0.320. The molecule has 0 saturated carbocycles. The fraction of sp³-hybridized carbons (Fsp3) is 0.312. The number of carboxylic acid groups (broad SMARTS) is 1. The van der Waals surface area contributed by atoms with Crippen molar-refractivity contribution in [1.82, 2.24) is 4.90 Å². The molecule has 21 heavy (non-hydrogen) atoms. The van der Waals surface area contributed by atoms with Crippen molar-refractivity contribution < 1.29 is 14.7 Å². The summed E-state index contributed by atoms with van der Waals surface area (Å²) in [5, 5.41) is 18.1. The van der Waals surface area contributed by atoms with Gasteiger partial charge in [0.05, 0.1) is 11.6 Å². The lowest BCUT2D eigenvalue weighted by atomic mass is 9.99. The molecular formula is C16H16N2O3. The van der Waals surface area contributed by atoms with Crippen LogP contribution in [-0.2, 0) is 9.59 Å². The van der Waals surface area contributed by atoms with Gasteiger partial charge in [-0.25, -0.2) is 4.79 Å². The molecule has 0 aliphatic carbocycles. The maximum atomic E-state index is 12.2. The van der Waals surface area contributed by atoms with Crippen molar-refractivity contribution in [1.29, 1.82) is 5.26 Å². The van der Waals surface area contributed by atoms with Crippen molar-refractivity contribution in [2.24, 2.45) is 0 Å². The Labute approximate surface area is 123 Å². The van der Waals surface area contributed by atoms with Crippen LogP contribution in [0.5, 0.6) is 0 Å². The van der Waals surface area contributed by atoms with Crippen LogP contribution in [0.2, 0.25) is 0 Å². The largest absolute Gasteiger partial charge is 0.480 e. The van der Waals surface area contributed by atoms with Gasteiger partial charge < -0.3 is 10.0 Å². The van der Waals surface area contributed by atoms with E-state index in [2.05, 4.69) is 0 Å². The minimum Gasteiger partial charge on any atom is -0.480 e. The first-order valence-electron chi connectivity index (χ1n) is 6.70. The average Bonchev–Trinajstić information content (AvgIpc) is 2.88. The van der Waals surface area contributed by atoms with Crippen LogP contribution in [0, 0.1) is 11.3 Å². The first-order valence-corrected chi connectivity index (χ1v) is 6.70. The van der Waals surface area contributed by atoms with Gasteiger partial charge in [0.25, 0.3) is 0 Å². The summed E-state index contributed by atoms with van der Waals surface area (Å²) in [6.45, 7) is 2.02. The molecule has 5 nitrogen and oxygen atoms in total. The van der Waals surface area contributed by atoms with Gasteiger partial charge in [-0.15, -0.1) is 0 Å². The summed E-state index contributed by atoms with van der Waals surface area (Å²) in [4.78, 5) is 24.9. The minimum atomic E-state index is -1.13. The van der Waals surface area contributed by atoms with Crippen LogP contribution in [-0.4, -0.2) is 34.0 Å². The van der Waals surface area contributed by atoms with E-state index in [1.807, 2.05) is 6.07 Å². The van der Waals surface area contributed by atoms with Gasteiger partial charge in [-0.1, -0.05) is 12.1 Å². The molecule has 0 bridgehead atoms. The Morgan fingerprint density at radius 1 is 1.48 bits per heavy atom. The fourth-order valence-electron chi connectivity index (χ4n) is 2.51. The molecule has 1 aromatic rings. The summed E-state index contributed by atoms with van der Waals surface area (Å²) in [5.74, 6) is -1.30. The summed E-state index contributed by atoms with van der Waals surface area (Å²) in [7, 11) is 0. The topological polar surface area (TPSA) is 81.4 Å². The fourth-order valence-corrected chi connectivity index (χ4v) is 2.51. The Kier molecular flexibility index (Phi) is 4.08.